The van der Waals surface area contributed by atoms with Crippen molar-refractivity contribution >= 4 is 5.78 Å². The molecule has 0 N–H and O–H groups in total. The maximum absolute atomic E-state index is 13.0. The summed E-state index contributed by atoms with van der Waals surface area (Å²) < 4.78 is 62.6. The smallest absolute Gasteiger partial charge is 0.287 e. The number of alkyl halides is 5. The van der Waals surface area contributed by atoms with Crippen molar-refractivity contribution in [2.75, 3.05) is 0 Å². The summed E-state index contributed by atoms with van der Waals surface area (Å²) in [6.45, 7) is 3.41. The Morgan fingerprint density at radius 3 is 2.05 bits per heavy atom. The van der Waals surface area contributed by atoms with Crippen LogP contribution in [0.2, 0.25) is 0 Å². The van der Waals surface area contributed by atoms with E-state index in [0.717, 1.165) is 11.6 Å². The number of rotatable bonds is 4. The molecule has 0 atom stereocenters. The van der Waals surface area contributed by atoms with E-state index < -0.39 is 23.4 Å². The number of hydrogen-bond donors (Lipinski definition) is 0. The topological polar surface area (TPSA) is 17.1 Å². The minimum atomic E-state index is -5.88. The zero-order valence-corrected chi connectivity index (χ0v) is 10.4. The Balaban J connectivity index is 3.27. The Morgan fingerprint density at radius 1 is 1.05 bits per heavy atom. The van der Waals surface area contributed by atoms with Gasteiger partial charge in [0.2, 0.25) is 5.78 Å². The van der Waals surface area contributed by atoms with Crippen LogP contribution in [0, 0.1) is 0 Å². The molecule has 0 heterocycles. The highest BCUT2D eigenvalue weighted by atomic mass is 19.4. The molecule has 0 bridgehead atoms. The molecule has 0 amide bonds. The summed E-state index contributed by atoms with van der Waals surface area (Å²) in [5.41, 5.74) is 0.416. The summed E-state index contributed by atoms with van der Waals surface area (Å²) in [5, 5.41) is 0. The van der Waals surface area contributed by atoms with Gasteiger partial charge in [-0.3, -0.25) is 4.79 Å². The number of Topliss-reactive ketones (excluding diaryl/α,β-unsaturated/α-hetero) is 1. The van der Waals surface area contributed by atoms with Gasteiger partial charge in [0, 0.05) is 5.56 Å². The van der Waals surface area contributed by atoms with E-state index >= 15 is 0 Å². The first kappa shape index (κ1) is 15.6. The second-order valence-corrected chi connectivity index (χ2v) is 4.10. The standard InChI is InChI=1S/C13H13F5O/c1-3-8-5-6-10(9(4-2)7-8)11(19)12(14,15)13(16,17)18/h5-7H,3-4H2,1-2H3. The molecule has 0 spiro atoms. The van der Waals surface area contributed by atoms with E-state index in [4.69, 9.17) is 0 Å². The molecule has 0 aliphatic carbocycles. The van der Waals surface area contributed by atoms with Crippen molar-refractivity contribution in [1.29, 1.82) is 0 Å². The molecule has 1 rings (SSSR count). The van der Waals surface area contributed by atoms with Gasteiger partial charge in [-0.25, -0.2) is 0 Å². The summed E-state index contributed by atoms with van der Waals surface area (Å²) in [7, 11) is 0. The van der Waals surface area contributed by atoms with E-state index in [1.807, 2.05) is 6.92 Å². The van der Waals surface area contributed by atoms with Crippen molar-refractivity contribution in [3.63, 3.8) is 0 Å². The van der Waals surface area contributed by atoms with Crippen LogP contribution < -0.4 is 0 Å². The number of carbonyl (C=O) groups is 1. The van der Waals surface area contributed by atoms with Crippen molar-refractivity contribution in [2.24, 2.45) is 0 Å². The predicted molar refractivity (Wildman–Crippen MR) is 60.5 cm³/mol. The van der Waals surface area contributed by atoms with Crippen LogP contribution in [-0.2, 0) is 12.8 Å². The van der Waals surface area contributed by atoms with Crippen LogP contribution in [0.25, 0.3) is 0 Å². The van der Waals surface area contributed by atoms with Gasteiger partial charge in [-0.05, 0) is 24.0 Å². The van der Waals surface area contributed by atoms with Gasteiger partial charge in [0.25, 0.3) is 0 Å². The molecule has 0 fully saturated rings. The fourth-order valence-electron chi connectivity index (χ4n) is 1.68. The molecule has 1 aromatic carbocycles. The zero-order valence-electron chi connectivity index (χ0n) is 10.4. The highest BCUT2D eigenvalue weighted by Gasteiger charge is 2.63. The van der Waals surface area contributed by atoms with Crippen molar-refractivity contribution in [1.82, 2.24) is 0 Å². The maximum atomic E-state index is 13.0. The molecular formula is C13H13F5O. The Hall–Kier alpha value is -1.46. The summed E-state index contributed by atoms with van der Waals surface area (Å²) in [6, 6.07) is 3.91. The summed E-state index contributed by atoms with van der Waals surface area (Å²) >= 11 is 0. The summed E-state index contributed by atoms with van der Waals surface area (Å²) in [6.07, 6.45) is -5.06. The molecule has 0 aromatic heterocycles. The van der Waals surface area contributed by atoms with Crippen molar-refractivity contribution < 1.29 is 26.7 Å². The average Bonchev–Trinajstić information content (AvgIpc) is 2.35. The molecule has 0 saturated carbocycles. The minimum Gasteiger partial charge on any atom is -0.287 e. The van der Waals surface area contributed by atoms with Crippen LogP contribution in [0.4, 0.5) is 22.0 Å². The van der Waals surface area contributed by atoms with Gasteiger partial charge >= 0.3 is 12.1 Å². The lowest BCUT2D eigenvalue weighted by molar-refractivity contribution is -0.255. The Morgan fingerprint density at radius 2 is 1.63 bits per heavy atom. The molecule has 0 radical (unpaired) electrons. The molecule has 0 aliphatic rings. The Kier molecular flexibility index (Phi) is 4.32. The van der Waals surface area contributed by atoms with Crippen LogP contribution in [0.3, 0.4) is 0 Å². The van der Waals surface area contributed by atoms with Crippen LogP contribution in [-0.4, -0.2) is 17.9 Å². The SMILES string of the molecule is CCc1ccc(C(=O)C(F)(F)C(F)(F)F)c(CC)c1. The summed E-state index contributed by atoms with van der Waals surface area (Å²) in [5.74, 6) is -7.55. The second kappa shape index (κ2) is 5.27. The molecule has 6 heteroatoms. The number of benzene rings is 1. The van der Waals surface area contributed by atoms with Crippen molar-refractivity contribution in [3.8, 4) is 0 Å². The van der Waals surface area contributed by atoms with Gasteiger partial charge in [0.05, 0.1) is 0 Å². The van der Waals surface area contributed by atoms with Gasteiger partial charge < -0.3 is 0 Å². The molecule has 0 unspecified atom stereocenters. The third-order valence-corrected chi connectivity index (χ3v) is 2.84. The first-order valence-corrected chi connectivity index (χ1v) is 5.76. The Bertz CT molecular complexity index is 476. The quantitative estimate of drug-likeness (QED) is 0.597. The van der Waals surface area contributed by atoms with E-state index in [2.05, 4.69) is 0 Å². The van der Waals surface area contributed by atoms with E-state index in [0.29, 0.717) is 6.42 Å². The fourth-order valence-corrected chi connectivity index (χ4v) is 1.68. The maximum Gasteiger partial charge on any atom is 0.461 e. The van der Waals surface area contributed by atoms with Gasteiger partial charge in [0.15, 0.2) is 0 Å². The number of halogens is 5. The zero-order chi connectivity index (χ0) is 14.8. The molecular weight excluding hydrogens is 267 g/mol. The van der Waals surface area contributed by atoms with E-state index in [9.17, 15) is 26.7 Å². The lowest BCUT2D eigenvalue weighted by atomic mass is 9.95. The Labute approximate surface area is 107 Å². The first-order chi connectivity index (χ1) is 8.65. The van der Waals surface area contributed by atoms with E-state index in [-0.39, 0.29) is 12.0 Å². The van der Waals surface area contributed by atoms with Gasteiger partial charge in [-0.1, -0.05) is 32.0 Å². The monoisotopic (exact) mass is 280 g/mol. The average molecular weight is 280 g/mol. The number of hydrogen-bond acceptors (Lipinski definition) is 1. The van der Waals surface area contributed by atoms with Gasteiger partial charge in [-0.2, -0.15) is 22.0 Å². The van der Waals surface area contributed by atoms with Gasteiger partial charge in [0.1, 0.15) is 0 Å². The molecule has 1 aromatic rings. The third kappa shape index (κ3) is 2.93. The van der Waals surface area contributed by atoms with Crippen LogP contribution in [0.15, 0.2) is 18.2 Å². The third-order valence-electron chi connectivity index (χ3n) is 2.84. The van der Waals surface area contributed by atoms with Crippen molar-refractivity contribution in [3.05, 3.63) is 34.9 Å². The fraction of sp³-hybridized carbons (Fsp3) is 0.462. The van der Waals surface area contributed by atoms with E-state index in [1.165, 1.54) is 12.1 Å². The highest BCUT2D eigenvalue weighted by molar-refractivity contribution is 6.03. The predicted octanol–water partition coefficient (Wildman–Crippen LogP) is 4.19. The van der Waals surface area contributed by atoms with Gasteiger partial charge in [-0.15, -0.1) is 0 Å². The minimum absolute atomic E-state index is 0.202. The molecule has 0 aliphatic heterocycles. The lowest BCUT2D eigenvalue weighted by Crippen LogP contribution is -2.44. The van der Waals surface area contributed by atoms with Crippen LogP contribution in [0.5, 0.6) is 0 Å². The number of aryl methyl sites for hydroxylation is 2. The van der Waals surface area contributed by atoms with Crippen LogP contribution in [0.1, 0.15) is 35.3 Å². The van der Waals surface area contributed by atoms with Crippen LogP contribution >= 0.6 is 0 Å². The van der Waals surface area contributed by atoms with E-state index in [1.54, 1.807) is 6.92 Å². The normalized spacial score (nSPS) is 12.6. The molecule has 106 valence electrons. The molecule has 19 heavy (non-hydrogen) atoms. The van der Waals surface area contributed by atoms with Crippen molar-refractivity contribution in [2.45, 2.75) is 38.8 Å². The second-order valence-electron chi connectivity index (χ2n) is 4.10. The summed E-state index contributed by atoms with van der Waals surface area (Å²) in [4.78, 5) is 11.4. The lowest BCUT2D eigenvalue weighted by Gasteiger charge is -2.19. The highest BCUT2D eigenvalue weighted by Crippen LogP contribution is 2.38. The largest absolute Gasteiger partial charge is 0.461 e. The number of carbonyl (C=O) groups excluding carboxylic acids is 1. The number of ketones is 1. The first-order valence-electron chi connectivity index (χ1n) is 5.76. The molecule has 1 nitrogen and oxygen atoms in total. The molecule has 0 saturated heterocycles.